The first kappa shape index (κ1) is 19.0. The van der Waals surface area contributed by atoms with Gasteiger partial charge in [-0.2, -0.15) is 9.65 Å². The summed E-state index contributed by atoms with van der Waals surface area (Å²) in [5, 5.41) is 20.8. The summed E-state index contributed by atoms with van der Waals surface area (Å²) in [5.41, 5.74) is 4.96. The van der Waals surface area contributed by atoms with Crippen LogP contribution in [0, 0.1) is 31.1 Å². The molecule has 3 aromatic heterocycles. The van der Waals surface area contributed by atoms with Gasteiger partial charge >= 0.3 is 0 Å². The van der Waals surface area contributed by atoms with Crippen LogP contribution in [-0.2, 0) is 13.0 Å². The van der Waals surface area contributed by atoms with Crippen molar-refractivity contribution in [1.82, 2.24) is 20.2 Å². The molecule has 0 aromatic carbocycles. The number of fused-ring (bicyclic) bond motifs is 1. The van der Waals surface area contributed by atoms with Gasteiger partial charge in [0.25, 0.3) is 0 Å². The number of nitrogens with one attached hydrogen (secondary N) is 1. The molecule has 0 bridgehead atoms. The van der Waals surface area contributed by atoms with Crippen LogP contribution in [0.3, 0.4) is 0 Å². The highest BCUT2D eigenvalue weighted by atomic mass is 35.5. The van der Waals surface area contributed by atoms with Gasteiger partial charge in [-0.1, -0.05) is 11.6 Å². The van der Waals surface area contributed by atoms with E-state index in [1.54, 1.807) is 6.20 Å². The van der Waals surface area contributed by atoms with Crippen LogP contribution >= 0.6 is 11.6 Å². The Morgan fingerprint density at radius 1 is 1.17 bits per heavy atom. The Hall–Kier alpha value is -3.31. The summed E-state index contributed by atoms with van der Waals surface area (Å²) in [5.74, 6) is 0.128. The third-order valence-corrected chi connectivity index (χ3v) is 5.23. The fraction of sp³-hybridized carbons (Fsp3) is 0.250. The molecule has 0 atom stereocenters. The van der Waals surface area contributed by atoms with Crippen LogP contribution in [0.4, 0.5) is 21.6 Å². The van der Waals surface area contributed by atoms with Crippen molar-refractivity contribution in [3.63, 3.8) is 0 Å². The summed E-state index contributed by atoms with van der Waals surface area (Å²) in [6, 6.07) is 5.48. The molecular weight excluding hydrogens is 393 g/mol. The quantitative estimate of drug-likeness (QED) is 0.657. The van der Waals surface area contributed by atoms with E-state index in [-0.39, 0.29) is 5.69 Å². The molecule has 146 valence electrons. The summed E-state index contributed by atoms with van der Waals surface area (Å²) >= 11 is 5.91. The summed E-state index contributed by atoms with van der Waals surface area (Å²) in [6.07, 6.45) is 3.68. The van der Waals surface area contributed by atoms with Crippen molar-refractivity contribution in [2.45, 2.75) is 26.8 Å². The number of hydrogen-bond donors (Lipinski definition) is 1. The van der Waals surface area contributed by atoms with E-state index < -0.39 is 5.95 Å². The van der Waals surface area contributed by atoms with Crippen molar-refractivity contribution in [3.05, 3.63) is 63.6 Å². The number of rotatable bonds is 3. The van der Waals surface area contributed by atoms with E-state index in [9.17, 15) is 4.39 Å². The van der Waals surface area contributed by atoms with Crippen LogP contribution in [0.15, 0.2) is 24.5 Å². The van der Waals surface area contributed by atoms with E-state index in [1.807, 2.05) is 19.9 Å². The van der Waals surface area contributed by atoms with Gasteiger partial charge in [0.1, 0.15) is 6.07 Å². The highest BCUT2D eigenvalue weighted by Crippen LogP contribution is 2.29. The van der Waals surface area contributed by atoms with E-state index in [0.29, 0.717) is 22.9 Å². The van der Waals surface area contributed by atoms with Crippen molar-refractivity contribution in [3.8, 4) is 6.07 Å². The largest absolute Gasteiger partial charge is 0.350 e. The summed E-state index contributed by atoms with van der Waals surface area (Å²) in [6.45, 7) is 5.16. The Morgan fingerprint density at radius 3 is 2.79 bits per heavy atom. The molecule has 4 heterocycles. The Balaban J connectivity index is 1.61. The zero-order chi connectivity index (χ0) is 20.5. The van der Waals surface area contributed by atoms with Gasteiger partial charge in [0, 0.05) is 31.4 Å². The minimum absolute atomic E-state index is 0.191. The van der Waals surface area contributed by atoms with Crippen LogP contribution in [0.5, 0.6) is 0 Å². The molecule has 0 fully saturated rings. The molecule has 0 spiro atoms. The molecular formula is C20H17ClFN7. The zero-order valence-corrected chi connectivity index (χ0v) is 16.6. The number of pyridine rings is 2. The van der Waals surface area contributed by atoms with Gasteiger partial charge in [0.15, 0.2) is 11.5 Å². The van der Waals surface area contributed by atoms with Crippen LogP contribution in [0.1, 0.15) is 28.1 Å². The lowest BCUT2D eigenvalue weighted by atomic mass is 10.0. The standard InChI is InChI=1S/C20H17ClFN7/c1-11-12(2)20(28-27-18(11)7-23)29-4-3-16-13(10-29)5-15(9-24-16)26-17-6-14(21)8-25-19(17)22/h5-6,8-9,26H,3-4,10H2,1-2H3. The lowest BCUT2D eigenvalue weighted by Gasteiger charge is -2.30. The molecule has 3 aromatic rings. The highest BCUT2D eigenvalue weighted by Gasteiger charge is 2.22. The average Bonchev–Trinajstić information content (AvgIpc) is 2.72. The Bertz CT molecular complexity index is 1140. The first-order valence-corrected chi connectivity index (χ1v) is 9.39. The predicted molar refractivity (Wildman–Crippen MR) is 108 cm³/mol. The maximum absolute atomic E-state index is 13.9. The molecule has 0 aliphatic carbocycles. The van der Waals surface area contributed by atoms with E-state index >= 15 is 0 Å². The molecule has 1 aliphatic rings. The topological polar surface area (TPSA) is 90.6 Å². The molecule has 0 radical (unpaired) electrons. The number of hydrogen-bond acceptors (Lipinski definition) is 7. The molecule has 0 unspecified atom stereocenters. The average molecular weight is 410 g/mol. The normalized spacial score (nSPS) is 13.0. The predicted octanol–water partition coefficient (Wildman–Crippen LogP) is 3.85. The molecule has 4 rings (SSSR count). The summed E-state index contributed by atoms with van der Waals surface area (Å²) in [4.78, 5) is 10.3. The summed E-state index contributed by atoms with van der Waals surface area (Å²) < 4.78 is 13.9. The van der Waals surface area contributed by atoms with E-state index in [4.69, 9.17) is 16.9 Å². The fourth-order valence-electron chi connectivity index (χ4n) is 3.34. The molecule has 0 saturated heterocycles. The lowest BCUT2D eigenvalue weighted by molar-refractivity contribution is 0.588. The molecule has 1 aliphatic heterocycles. The van der Waals surface area contributed by atoms with Crippen molar-refractivity contribution in [2.75, 3.05) is 16.8 Å². The van der Waals surface area contributed by atoms with Crippen molar-refractivity contribution >= 4 is 28.8 Å². The van der Waals surface area contributed by atoms with Gasteiger partial charge in [-0.05, 0) is 42.7 Å². The monoisotopic (exact) mass is 409 g/mol. The van der Waals surface area contributed by atoms with Crippen LogP contribution < -0.4 is 10.2 Å². The first-order chi connectivity index (χ1) is 14.0. The minimum atomic E-state index is -0.632. The Labute approximate surface area is 172 Å². The van der Waals surface area contributed by atoms with Crippen LogP contribution in [0.25, 0.3) is 0 Å². The van der Waals surface area contributed by atoms with Gasteiger partial charge in [0.05, 0.1) is 22.6 Å². The van der Waals surface area contributed by atoms with Crippen molar-refractivity contribution in [2.24, 2.45) is 0 Å². The first-order valence-electron chi connectivity index (χ1n) is 9.01. The molecule has 0 saturated carbocycles. The van der Waals surface area contributed by atoms with E-state index in [1.165, 1.54) is 12.3 Å². The van der Waals surface area contributed by atoms with E-state index in [2.05, 4.69) is 36.5 Å². The third kappa shape index (κ3) is 3.69. The van der Waals surface area contributed by atoms with E-state index in [0.717, 1.165) is 41.2 Å². The third-order valence-electron chi connectivity index (χ3n) is 5.03. The zero-order valence-electron chi connectivity index (χ0n) is 15.9. The molecule has 29 heavy (non-hydrogen) atoms. The van der Waals surface area contributed by atoms with Crippen molar-refractivity contribution < 1.29 is 4.39 Å². The number of nitrogens with zero attached hydrogens (tertiary/aromatic N) is 6. The number of aromatic nitrogens is 4. The SMILES string of the molecule is Cc1c(C#N)nnc(N2CCc3ncc(Nc4cc(Cl)cnc4F)cc3C2)c1C. The second-order valence-electron chi connectivity index (χ2n) is 6.85. The molecule has 0 amide bonds. The van der Waals surface area contributed by atoms with Gasteiger partial charge < -0.3 is 10.2 Å². The molecule has 9 heteroatoms. The number of halogens is 2. The number of anilines is 3. The van der Waals surface area contributed by atoms with Gasteiger partial charge in [0.2, 0.25) is 5.95 Å². The maximum Gasteiger partial charge on any atom is 0.236 e. The molecule has 1 N–H and O–H groups in total. The second-order valence-corrected chi connectivity index (χ2v) is 7.29. The van der Waals surface area contributed by atoms with Gasteiger partial charge in [-0.25, -0.2) is 4.98 Å². The van der Waals surface area contributed by atoms with Gasteiger partial charge in [-0.15, -0.1) is 10.2 Å². The maximum atomic E-state index is 13.9. The molecule has 7 nitrogen and oxygen atoms in total. The van der Waals surface area contributed by atoms with Crippen LogP contribution in [-0.4, -0.2) is 26.7 Å². The number of nitriles is 1. The minimum Gasteiger partial charge on any atom is -0.350 e. The van der Waals surface area contributed by atoms with Crippen LogP contribution in [0.2, 0.25) is 5.02 Å². The van der Waals surface area contributed by atoms with Gasteiger partial charge in [-0.3, -0.25) is 4.98 Å². The van der Waals surface area contributed by atoms with Crippen molar-refractivity contribution in [1.29, 1.82) is 5.26 Å². The second kappa shape index (κ2) is 7.60. The smallest absolute Gasteiger partial charge is 0.236 e. The Morgan fingerprint density at radius 2 is 2.00 bits per heavy atom. The fourth-order valence-corrected chi connectivity index (χ4v) is 3.50. The lowest BCUT2D eigenvalue weighted by Crippen LogP contribution is -2.32. The highest BCUT2D eigenvalue weighted by molar-refractivity contribution is 6.30. The summed E-state index contributed by atoms with van der Waals surface area (Å²) in [7, 11) is 0. The Kier molecular flexibility index (Phi) is 4.99.